The molecular formula is C22H17BrCl3NO4. The molecule has 0 unspecified atom stereocenters. The fourth-order valence-corrected chi connectivity index (χ4v) is 3.87. The summed E-state index contributed by atoms with van der Waals surface area (Å²) in [5, 5.41) is 13.8. The van der Waals surface area contributed by atoms with E-state index in [9.17, 15) is 4.79 Å². The molecule has 0 saturated carbocycles. The Morgan fingerprint density at radius 3 is 2.45 bits per heavy atom. The molecular weight excluding hydrogens is 529 g/mol. The maximum absolute atomic E-state index is 11.2. The lowest BCUT2D eigenvalue weighted by Crippen LogP contribution is -2.05. The van der Waals surface area contributed by atoms with Crippen molar-refractivity contribution in [2.75, 3.05) is 12.4 Å². The second-order valence-electron chi connectivity index (χ2n) is 6.47. The van der Waals surface area contributed by atoms with Gasteiger partial charge in [0.2, 0.25) is 0 Å². The van der Waals surface area contributed by atoms with Crippen molar-refractivity contribution in [3.8, 4) is 11.5 Å². The Labute approximate surface area is 203 Å². The normalized spacial score (nSPS) is 10.6. The number of hydrogen-bond acceptors (Lipinski definition) is 4. The monoisotopic (exact) mass is 543 g/mol. The van der Waals surface area contributed by atoms with Gasteiger partial charge in [-0.15, -0.1) is 0 Å². The molecule has 3 aromatic rings. The predicted octanol–water partition coefficient (Wildman–Crippen LogP) is 7.31. The van der Waals surface area contributed by atoms with E-state index in [0.29, 0.717) is 38.8 Å². The Morgan fingerprint density at radius 1 is 1.00 bits per heavy atom. The minimum absolute atomic E-state index is 0.146. The predicted molar refractivity (Wildman–Crippen MR) is 127 cm³/mol. The van der Waals surface area contributed by atoms with Crippen LogP contribution in [0.25, 0.3) is 0 Å². The summed E-state index contributed by atoms with van der Waals surface area (Å²) in [6, 6.07) is 13.3. The molecule has 162 valence electrons. The van der Waals surface area contributed by atoms with Crippen molar-refractivity contribution in [3.63, 3.8) is 0 Å². The first-order valence-corrected chi connectivity index (χ1v) is 10.9. The summed E-state index contributed by atoms with van der Waals surface area (Å²) < 4.78 is 12.2. The Morgan fingerprint density at radius 2 is 1.77 bits per heavy atom. The molecule has 3 aromatic carbocycles. The molecule has 0 amide bonds. The van der Waals surface area contributed by atoms with Crippen molar-refractivity contribution < 1.29 is 19.4 Å². The molecule has 9 heteroatoms. The highest BCUT2D eigenvalue weighted by Gasteiger charge is 2.13. The largest absolute Gasteiger partial charge is 0.493 e. The zero-order valence-corrected chi connectivity index (χ0v) is 20.1. The molecule has 0 saturated heterocycles. The van der Waals surface area contributed by atoms with Crippen LogP contribution in [0, 0.1) is 0 Å². The second-order valence-corrected chi connectivity index (χ2v) is 8.58. The summed E-state index contributed by atoms with van der Waals surface area (Å²) in [4.78, 5) is 11.2. The van der Waals surface area contributed by atoms with Gasteiger partial charge in [-0.25, -0.2) is 4.79 Å². The molecule has 2 N–H and O–H groups in total. The van der Waals surface area contributed by atoms with Crippen molar-refractivity contribution in [3.05, 3.63) is 84.8 Å². The highest BCUT2D eigenvalue weighted by atomic mass is 79.9. The fourth-order valence-electron chi connectivity index (χ4n) is 2.76. The smallest absolute Gasteiger partial charge is 0.335 e. The summed E-state index contributed by atoms with van der Waals surface area (Å²) in [5.41, 5.74) is 2.33. The number of carboxylic acid groups (broad SMARTS) is 1. The first-order valence-electron chi connectivity index (χ1n) is 8.98. The van der Waals surface area contributed by atoms with Gasteiger partial charge in [-0.05, 0) is 48.0 Å². The molecule has 5 nitrogen and oxygen atoms in total. The summed E-state index contributed by atoms with van der Waals surface area (Å²) in [6.45, 7) is 0.622. The van der Waals surface area contributed by atoms with Crippen molar-refractivity contribution in [1.29, 1.82) is 0 Å². The van der Waals surface area contributed by atoms with E-state index in [1.54, 1.807) is 37.4 Å². The zero-order valence-electron chi connectivity index (χ0n) is 16.2. The molecule has 3 rings (SSSR count). The molecule has 0 aliphatic carbocycles. The van der Waals surface area contributed by atoms with Crippen LogP contribution in [0.5, 0.6) is 11.5 Å². The standard InChI is InChI=1S/C22H17BrCl3NO4/c1-30-20-7-14(10-27-19-6-12(22(28)29)3-5-17(19)25)16(23)9-21(20)31-11-13-2-4-15(24)8-18(13)26/h2-9,27H,10-11H2,1H3,(H,28,29). The van der Waals surface area contributed by atoms with Gasteiger partial charge >= 0.3 is 5.97 Å². The highest BCUT2D eigenvalue weighted by Crippen LogP contribution is 2.35. The van der Waals surface area contributed by atoms with Crippen molar-refractivity contribution in [1.82, 2.24) is 0 Å². The molecule has 0 heterocycles. The SMILES string of the molecule is COc1cc(CNc2cc(C(=O)O)ccc2Cl)c(Br)cc1OCc1ccc(Cl)cc1Cl. The van der Waals surface area contributed by atoms with E-state index >= 15 is 0 Å². The Hall–Kier alpha value is -2.12. The maximum atomic E-state index is 11.2. The Balaban J connectivity index is 1.76. The lowest BCUT2D eigenvalue weighted by molar-refractivity contribution is 0.0697. The van der Waals surface area contributed by atoms with Gasteiger partial charge in [0.15, 0.2) is 11.5 Å². The number of nitrogens with one attached hydrogen (secondary N) is 1. The van der Waals surface area contributed by atoms with Gasteiger partial charge in [0.1, 0.15) is 6.61 Å². The van der Waals surface area contributed by atoms with E-state index in [4.69, 9.17) is 49.4 Å². The first-order chi connectivity index (χ1) is 14.8. The van der Waals surface area contributed by atoms with Gasteiger partial charge in [0, 0.05) is 26.6 Å². The summed E-state index contributed by atoms with van der Waals surface area (Å²) in [7, 11) is 1.55. The van der Waals surface area contributed by atoms with Gasteiger partial charge < -0.3 is 19.9 Å². The van der Waals surface area contributed by atoms with Crippen molar-refractivity contribution in [2.45, 2.75) is 13.2 Å². The molecule has 31 heavy (non-hydrogen) atoms. The average Bonchev–Trinajstić information content (AvgIpc) is 2.73. The Bertz CT molecular complexity index is 1120. The van der Waals surface area contributed by atoms with Gasteiger partial charge in [0.05, 0.1) is 23.4 Å². The topological polar surface area (TPSA) is 67.8 Å². The van der Waals surface area contributed by atoms with E-state index < -0.39 is 5.97 Å². The van der Waals surface area contributed by atoms with E-state index in [1.165, 1.54) is 12.1 Å². The van der Waals surface area contributed by atoms with Crippen molar-refractivity contribution >= 4 is 62.4 Å². The van der Waals surface area contributed by atoms with Crippen LogP contribution in [0.3, 0.4) is 0 Å². The fraction of sp³-hybridized carbons (Fsp3) is 0.136. The number of hydrogen-bond donors (Lipinski definition) is 2. The van der Waals surface area contributed by atoms with Crippen LogP contribution in [0.1, 0.15) is 21.5 Å². The molecule has 0 radical (unpaired) electrons. The summed E-state index contributed by atoms with van der Waals surface area (Å²) in [5.74, 6) is 0.0513. The van der Waals surface area contributed by atoms with Crippen molar-refractivity contribution in [2.24, 2.45) is 0 Å². The third kappa shape index (κ3) is 5.98. The third-order valence-corrected chi connectivity index (χ3v) is 6.07. The number of benzene rings is 3. The third-order valence-electron chi connectivity index (χ3n) is 4.41. The van der Waals surface area contributed by atoms with Crippen LogP contribution in [0.15, 0.2) is 53.0 Å². The Kier molecular flexibility index (Phi) is 7.94. The molecule has 0 aliphatic heterocycles. The molecule has 0 bridgehead atoms. The lowest BCUT2D eigenvalue weighted by Gasteiger charge is -2.16. The minimum Gasteiger partial charge on any atom is -0.493 e. The van der Waals surface area contributed by atoms with Crippen LogP contribution in [0.2, 0.25) is 15.1 Å². The average molecular weight is 546 g/mol. The lowest BCUT2D eigenvalue weighted by atomic mass is 10.1. The number of methoxy groups -OCH3 is 1. The number of anilines is 1. The molecule has 0 spiro atoms. The van der Waals surface area contributed by atoms with Crippen LogP contribution in [0.4, 0.5) is 5.69 Å². The first kappa shape index (κ1) is 23.5. The molecule has 0 fully saturated rings. The van der Waals surface area contributed by atoms with Gasteiger partial charge in [-0.2, -0.15) is 0 Å². The molecule has 0 aliphatic rings. The minimum atomic E-state index is -1.02. The van der Waals surface area contributed by atoms with E-state index in [2.05, 4.69) is 21.2 Å². The quantitative estimate of drug-likeness (QED) is 0.311. The van der Waals surface area contributed by atoms with Gasteiger partial charge in [0.25, 0.3) is 0 Å². The number of aromatic carboxylic acids is 1. The number of carboxylic acids is 1. The van der Waals surface area contributed by atoms with Crippen LogP contribution in [-0.2, 0) is 13.2 Å². The van der Waals surface area contributed by atoms with E-state index in [-0.39, 0.29) is 12.2 Å². The molecule has 0 aromatic heterocycles. The summed E-state index contributed by atoms with van der Waals surface area (Å²) in [6.07, 6.45) is 0. The highest BCUT2D eigenvalue weighted by molar-refractivity contribution is 9.10. The zero-order chi connectivity index (χ0) is 22.5. The van der Waals surface area contributed by atoms with Gasteiger partial charge in [-0.1, -0.05) is 56.8 Å². The van der Waals surface area contributed by atoms with E-state index in [0.717, 1.165) is 15.6 Å². The second kappa shape index (κ2) is 10.5. The van der Waals surface area contributed by atoms with Crippen LogP contribution < -0.4 is 14.8 Å². The maximum Gasteiger partial charge on any atom is 0.335 e. The van der Waals surface area contributed by atoms with Crippen LogP contribution in [-0.4, -0.2) is 18.2 Å². The number of rotatable bonds is 8. The number of halogens is 4. The number of ether oxygens (including phenoxy) is 2. The number of carbonyl (C=O) groups is 1. The van der Waals surface area contributed by atoms with Gasteiger partial charge in [-0.3, -0.25) is 0 Å². The molecule has 0 atom stereocenters. The van der Waals surface area contributed by atoms with Crippen LogP contribution >= 0.6 is 50.7 Å². The summed E-state index contributed by atoms with van der Waals surface area (Å²) >= 11 is 21.9. The van der Waals surface area contributed by atoms with E-state index in [1.807, 2.05) is 6.07 Å².